The van der Waals surface area contributed by atoms with Crippen LogP contribution in [0.15, 0.2) is 12.1 Å². The van der Waals surface area contributed by atoms with Gasteiger partial charge >= 0.3 is 0 Å². The molecular weight excluding hydrogens is 210 g/mol. The highest BCUT2D eigenvalue weighted by molar-refractivity contribution is 6.29. The zero-order valence-corrected chi connectivity index (χ0v) is 10.2. The van der Waals surface area contributed by atoms with E-state index in [0.717, 1.165) is 12.8 Å². The van der Waals surface area contributed by atoms with Gasteiger partial charge in [0.25, 0.3) is 0 Å². The van der Waals surface area contributed by atoms with Crippen LogP contribution >= 0.6 is 11.6 Å². The molecule has 0 fully saturated rings. The van der Waals surface area contributed by atoms with Crippen molar-refractivity contribution in [3.8, 4) is 0 Å². The molecule has 1 aromatic rings. The summed E-state index contributed by atoms with van der Waals surface area (Å²) in [5.74, 6) is 0.668. The van der Waals surface area contributed by atoms with E-state index in [4.69, 9.17) is 17.3 Å². The minimum absolute atomic E-state index is 0.0133. The molecule has 0 unspecified atom stereocenters. The number of hydrogen-bond acceptors (Lipinski definition) is 3. The van der Waals surface area contributed by atoms with E-state index in [0.29, 0.717) is 16.7 Å². The van der Waals surface area contributed by atoms with Crippen LogP contribution in [0.5, 0.6) is 0 Å². The lowest BCUT2D eigenvalue weighted by molar-refractivity contribution is 0.509. The van der Waals surface area contributed by atoms with Gasteiger partial charge < -0.3 is 11.1 Å². The molecule has 0 saturated heterocycles. The molecule has 0 bridgehead atoms. The fourth-order valence-electron chi connectivity index (χ4n) is 1.55. The second-order valence-corrected chi connectivity index (χ2v) is 4.72. The van der Waals surface area contributed by atoms with Crippen LogP contribution in [0.25, 0.3) is 0 Å². The number of nitrogens with zero attached hydrogens (tertiary/aromatic N) is 1. The summed E-state index contributed by atoms with van der Waals surface area (Å²) in [7, 11) is 0. The van der Waals surface area contributed by atoms with Crippen molar-refractivity contribution in [3.05, 3.63) is 17.3 Å². The maximum atomic E-state index is 5.82. The van der Waals surface area contributed by atoms with Crippen molar-refractivity contribution >= 4 is 23.1 Å². The van der Waals surface area contributed by atoms with E-state index in [9.17, 15) is 0 Å². The van der Waals surface area contributed by atoms with Gasteiger partial charge in [0.2, 0.25) is 0 Å². The Kier molecular flexibility index (Phi) is 3.80. The molecule has 0 aliphatic rings. The van der Waals surface area contributed by atoms with Gasteiger partial charge in [-0.3, -0.25) is 0 Å². The summed E-state index contributed by atoms with van der Waals surface area (Å²) < 4.78 is 0. The highest BCUT2D eigenvalue weighted by Crippen LogP contribution is 2.24. The van der Waals surface area contributed by atoms with Crippen LogP contribution in [0.1, 0.15) is 33.6 Å². The van der Waals surface area contributed by atoms with E-state index in [2.05, 4.69) is 31.1 Å². The van der Waals surface area contributed by atoms with Crippen LogP contribution < -0.4 is 11.1 Å². The van der Waals surface area contributed by atoms with E-state index < -0.39 is 0 Å². The summed E-state index contributed by atoms with van der Waals surface area (Å²) in [6, 6.07) is 3.45. The lowest BCUT2D eigenvalue weighted by Crippen LogP contribution is -2.31. The van der Waals surface area contributed by atoms with E-state index in [-0.39, 0.29) is 5.54 Å². The number of halogens is 1. The Labute approximate surface area is 96.0 Å². The smallest absolute Gasteiger partial charge is 0.151 e. The Morgan fingerprint density at radius 3 is 2.73 bits per heavy atom. The van der Waals surface area contributed by atoms with Gasteiger partial charge in [0.15, 0.2) is 5.82 Å². The molecule has 1 rings (SSSR count). The molecule has 4 heteroatoms. The summed E-state index contributed by atoms with van der Waals surface area (Å²) in [6.45, 7) is 6.40. The van der Waals surface area contributed by atoms with E-state index in [1.807, 2.05) is 0 Å². The van der Waals surface area contributed by atoms with Crippen molar-refractivity contribution in [1.82, 2.24) is 4.98 Å². The van der Waals surface area contributed by atoms with E-state index >= 15 is 0 Å². The van der Waals surface area contributed by atoms with Crippen LogP contribution in [-0.2, 0) is 0 Å². The minimum Gasteiger partial charge on any atom is -0.396 e. The van der Waals surface area contributed by atoms with Gasteiger partial charge in [-0.05, 0) is 32.4 Å². The molecule has 0 atom stereocenters. The number of nitrogen functional groups attached to an aromatic ring is 1. The fourth-order valence-corrected chi connectivity index (χ4v) is 1.70. The molecule has 3 N–H and O–H groups in total. The third-order valence-corrected chi connectivity index (χ3v) is 2.43. The standard InChI is InChI=1S/C11H18ClN3/c1-4-7-11(2,3)15-10-8(13)5-6-9(12)14-10/h5-6H,4,7,13H2,1-3H3,(H,14,15). The quantitative estimate of drug-likeness (QED) is 0.776. The van der Waals surface area contributed by atoms with Crippen LogP contribution in [0.4, 0.5) is 11.5 Å². The summed E-state index contributed by atoms with van der Waals surface area (Å²) >= 11 is 5.82. The predicted molar refractivity (Wildman–Crippen MR) is 66.3 cm³/mol. The molecule has 0 aliphatic heterocycles. The molecule has 1 aromatic heterocycles. The second-order valence-electron chi connectivity index (χ2n) is 4.33. The number of nitrogens with one attached hydrogen (secondary N) is 1. The largest absolute Gasteiger partial charge is 0.396 e. The number of hydrogen-bond donors (Lipinski definition) is 2. The molecule has 0 aliphatic carbocycles. The highest BCUT2D eigenvalue weighted by atomic mass is 35.5. The molecule has 1 heterocycles. The highest BCUT2D eigenvalue weighted by Gasteiger charge is 2.17. The Hall–Kier alpha value is -0.960. The second kappa shape index (κ2) is 4.71. The van der Waals surface area contributed by atoms with Crippen molar-refractivity contribution in [3.63, 3.8) is 0 Å². The van der Waals surface area contributed by atoms with Gasteiger partial charge in [-0.2, -0.15) is 0 Å². The summed E-state index contributed by atoms with van der Waals surface area (Å²) in [6.07, 6.45) is 2.17. The first kappa shape index (κ1) is 12.1. The first-order valence-corrected chi connectivity index (χ1v) is 5.52. The Balaban J connectivity index is 2.83. The average molecular weight is 228 g/mol. The average Bonchev–Trinajstić information content (AvgIpc) is 2.10. The molecule has 0 aromatic carbocycles. The number of pyridine rings is 1. The lowest BCUT2D eigenvalue weighted by atomic mass is 9.99. The Morgan fingerprint density at radius 1 is 1.47 bits per heavy atom. The zero-order valence-electron chi connectivity index (χ0n) is 9.47. The van der Waals surface area contributed by atoms with Crippen LogP contribution in [0.3, 0.4) is 0 Å². The molecular formula is C11H18ClN3. The van der Waals surface area contributed by atoms with Gasteiger partial charge in [-0.15, -0.1) is 0 Å². The SMILES string of the molecule is CCCC(C)(C)Nc1nc(Cl)ccc1N. The maximum absolute atomic E-state index is 5.82. The van der Waals surface area contributed by atoms with Gasteiger partial charge in [0.05, 0.1) is 5.69 Å². The molecule has 0 spiro atoms. The third-order valence-electron chi connectivity index (χ3n) is 2.22. The topological polar surface area (TPSA) is 50.9 Å². The third kappa shape index (κ3) is 3.59. The van der Waals surface area contributed by atoms with E-state index in [1.54, 1.807) is 12.1 Å². The monoisotopic (exact) mass is 227 g/mol. The molecule has 0 amide bonds. The van der Waals surface area contributed by atoms with Crippen molar-refractivity contribution in [2.24, 2.45) is 0 Å². The first-order chi connectivity index (χ1) is 6.94. The molecule has 84 valence electrons. The van der Waals surface area contributed by atoms with Gasteiger partial charge in [0, 0.05) is 5.54 Å². The van der Waals surface area contributed by atoms with E-state index in [1.165, 1.54) is 0 Å². The molecule has 0 saturated carbocycles. The molecule has 0 radical (unpaired) electrons. The first-order valence-electron chi connectivity index (χ1n) is 5.15. The van der Waals surface area contributed by atoms with Gasteiger partial charge in [0.1, 0.15) is 5.15 Å². The van der Waals surface area contributed by atoms with Crippen LogP contribution in [0.2, 0.25) is 5.15 Å². The number of rotatable bonds is 4. The van der Waals surface area contributed by atoms with Crippen molar-refractivity contribution in [1.29, 1.82) is 0 Å². The molecule has 15 heavy (non-hydrogen) atoms. The van der Waals surface area contributed by atoms with Gasteiger partial charge in [-0.1, -0.05) is 24.9 Å². The Morgan fingerprint density at radius 2 is 2.13 bits per heavy atom. The Bertz CT molecular complexity index is 337. The van der Waals surface area contributed by atoms with Crippen molar-refractivity contribution < 1.29 is 0 Å². The number of nitrogens with two attached hydrogens (primary N) is 1. The summed E-state index contributed by atoms with van der Waals surface area (Å²) in [5.41, 5.74) is 6.42. The van der Waals surface area contributed by atoms with Crippen LogP contribution in [0, 0.1) is 0 Å². The van der Waals surface area contributed by atoms with Crippen LogP contribution in [-0.4, -0.2) is 10.5 Å². The lowest BCUT2D eigenvalue weighted by Gasteiger charge is -2.27. The van der Waals surface area contributed by atoms with Crippen molar-refractivity contribution in [2.45, 2.75) is 39.2 Å². The zero-order chi connectivity index (χ0) is 11.5. The normalized spacial score (nSPS) is 11.5. The minimum atomic E-state index is -0.0133. The number of aromatic nitrogens is 1. The maximum Gasteiger partial charge on any atom is 0.151 e. The number of anilines is 2. The summed E-state index contributed by atoms with van der Waals surface area (Å²) in [4.78, 5) is 4.17. The van der Waals surface area contributed by atoms with Crippen molar-refractivity contribution in [2.75, 3.05) is 11.1 Å². The predicted octanol–water partition coefficient (Wildman–Crippen LogP) is 3.31. The fraction of sp³-hybridized carbons (Fsp3) is 0.545. The molecule has 3 nitrogen and oxygen atoms in total. The van der Waals surface area contributed by atoms with Gasteiger partial charge in [-0.25, -0.2) is 4.98 Å². The summed E-state index contributed by atoms with van der Waals surface area (Å²) in [5, 5.41) is 3.77.